The number of hydrogen-bond acceptors (Lipinski definition) is 5. The van der Waals surface area contributed by atoms with E-state index in [0.29, 0.717) is 36.3 Å². The predicted molar refractivity (Wildman–Crippen MR) is 97.2 cm³/mol. The Kier molecular flexibility index (Phi) is 5.16. The summed E-state index contributed by atoms with van der Waals surface area (Å²) in [5.74, 6) is -1.46. The summed E-state index contributed by atoms with van der Waals surface area (Å²) in [5.41, 5.74) is 1.21. The van der Waals surface area contributed by atoms with Crippen molar-refractivity contribution < 1.29 is 19.5 Å². The normalized spacial score (nSPS) is 17.1. The predicted octanol–water partition coefficient (Wildman–Crippen LogP) is 1.53. The summed E-state index contributed by atoms with van der Waals surface area (Å²) in [5, 5.41) is 9.07. The number of carboxylic acid groups (broad SMARTS) is 1. The molecule has 0 spiro atoms. The van der Waals surface area contributed by atoms with E-state index in [0.717, 1.165) is 0 Å². The minimum atomic E-state index is -1.17. The Morgan fingerprint density at radius 1 is 1.26 bits per heavy atom. The largest absolute Gasteiger partial charge is 0.476 e. The standard InChI is InChI=1S/C19H20N4O4/c1-3-16-18(25)22(2)7-8-23(16)17(24)13-6-4-5-12(9-13)14-10-20-11-15(21-14)19(26)27/h4-6,9-11,16H,3,7-8H2,1-2H3,(H,26,27). The van der Waals surface area contributed by atoms with E-state index < -0.39 is 12.0 Å². The fourth-order valence-corrected chi connectivity index (χ4v) is 3.14. The maximum atomic E-state index is 13.0. The van der Waals surface area contributed by atoms with Crippen molar-refractivity contribution in [1.82, 2.24) is 19.8 Å². The first-order valence-corrected chi connectivity index (χ1v) is 8.64. The fourth-order valence-electron chi connectivity index (χ4n) is 3.14. The Labute approximate surface area is 156 Å². The minimum absolute atomic E-state index is 0.0618. The van der Waals surface area contributed by atoms with Gasteiger partial charge in [0.25, 0.3) is 5.91 Å². The molecule has 2 aromatic rings. The highest BCUT2D eigenvalue weighted by molar-refractivity contribution is 5.99. The molecule has 1 aliphatic rings. The van der Waals surface area contributed by atoms with Crippen LogP contribution in [0.1, 0.15) is 34.2 Å². The Hall–Kier alpha value is -3.29. The lowest BCUT2D eigenvalue weighted by Crippen LogP contribution is -2.57. The number of rotatable bonds is 4. The molecule has 8 heteroatoms. The van der Waals surface area contributed by atoms with Crippen LogP contribution in [0.3, 0.4) is 0 Å². The van der Waals surface area contributed by atoms with Crippen molar-refractivity contribution in [2.75, 3.05) is 20.1 Å². The van der Waals surface area contributed by atoms with Crippen molar-refractivity contribution in [3.05, 3.63) is 47.9 Å². The molecule has 1 aliphatic heterocycles. The smallest absolute Gasteiger partial charge is 0.356 e. The Balaban J connectivity index is 1.91. The van der Waals surface area contributed by atoms with Crippen LogP contribution in [-0.2, 0) is 4.79 Å². The number of likely N-dealkylation sites (N-methyl/N-ethyl adjacent to an activating group) is 1. The van der Waals surface area contributed by atoms with E-state index in [1.165, 1.54) is 12.4 Å². The third-order valence-electron chi connectivity index (χ3n) is 4.62. The van der Waals surface area contributed by atoms with Gasteiger partial charge in [0.1, 0.15) is 6.04 Å². The molecule has 0 saturated carbocycles. The van der Waals surface area contributed by atoms with Crippen molar-refractivity contribution in [3.63, 3.8) is 0 Å². The molecule has 1 atom stereocenters. The van der Waals surface area contributed by atoms with Crippen LogP contribution < -0.4 is 0 Å². The summed E-state index contributed by atoms with van der Waals surface area (Å²) in [4.78, 5) is 47.6. The van der Waals surface area contributed by atoms with Gasteiger partial charge in [-0.3, -0.25) is 14.6 Å². The highest BCUT2D eigenvalue weighted by atomic mass is 16.4. The quantitative estimate of drug-likeness (QED) is 0.878. The van der Waals surface area contributed by atoms with Gasteiger partial charge in [0.05, 0.1) is 18.1 Å². The average Bonchev–Trinajstić information content (AvgIpc) is 2.69. The van der Waals surface area contributed by atoms with Gasteiger partial charge in [-0.25, -0.2) is 9.78 Å². The molecular formula is C19H20N4O4. The van der Waals surface area contributed by atoms with Gasteiger partial charge in [0.15, 0.2) is 5.69 Å². The SMILES string of the molecule is CCC1C(=O)N(C)CCN1C(=O)c1cccc(-c2cncc(C(=O)O)n2)c1. The lowest BCUT2D eigenvalue weighted by molar-refractivity contribution is -0.138. The molecule has 1 unspecified atom stereocenters. The lowest BCUT2D eigenvalue weighted by atomic mass is 10.0. The van der Waals surface area contributed by atoms with Crippen LogP contribution in [0.15, 0.2) is 36.7 Å². The van der Waals surface area contributed by atoms with Gasteiger partial charge in [-0.2, -0.15) is 0 Å². The number of carbonyl (C=O) groups excluding carboxylic acids is 2. The number of piperazine rings is 1. The van der Waals surface area contributed by atoms with E-state index in [-0.39, 0.29) is 17.5 Å². The Morgan fingerprint density at radius 2 is 2.04 bits per heavy atom. The van der Waals surface area contributed by atoms with Crippen molar-refractivity contribution >= 4 is 17.8 Å². The first-order valence-electron chi connectivity index (χ1n) is 8.64. The second kappa shape index (κ2) is 7.53. The number of hydrogen-bond donors (Lipinski definition) is 1. The van der Waals surface area contributed by atoms with E-state index in [4.69, 9.17) is 5.11 Å². The van der Waals surface area contributed by atoms with Crippen LogP contribution >= 0.6 is 0 Å². The summed E-state index contributed by atoms with van der Waals surface area (Å²) < 4.78 is 0. The molecule has 2 heterocycles. The number of aromatic carboxylic acids is 1. The molecule has 8 nitrogen and oxygen atoms in total. The minimum Gasteiger partial charge on any atom is -0.476 e. The molecule has 0 radical (unpaired) electrons. The third-order valence-corrected chi connectivity index (χ3v) is 4.62. The summed E-state index contributed by atoms with van der Waals surface area (Å²) in [6.45, 7) is 2.84. The highest BCUT2D eigenvalue weighted by Gasteiger charge is 2.35. The monoisotopic (exact) mass is 368 g/mol. The van der Waals surface area contributed by atoms with Crippen LogP contribution in [0.4, 0.5) is 0 Å². The molecule has 3 rings (SSSR count). The van der Waals surface area contributed by atoms with E-state index in [1.54, 1.807) is 41.1 Å². The number of aromatic nitrogens is 2. The van der Waals surface area contributed by atoms with Crippen LogP contribution in [0.2, 0.25) is 0 Å². The molecule has 1 aromatic heterocycles. The van der Waals surface area contributed by atoms with Crippen molar-refractivity contribution in [1.29, 1.82) is 0 Å². The molecule has 1 N–H and O–H groups in total. The van der Waals surface area contributed by atoms with Crippen molar-refractivity contribution in [2.24, 2.45) is 0 Å². The number of nitrogens with zero attached hydrogens (tertiary/aromatic N) is 4. The van der Waals surface area contributed by atoms with Crippen LogP contribution in [0.5, 0.6) is 0 Å². The van der Waals surface area contributed by atoms with E-state index in [1.807, 2.05) is 6.92 Å². The lowest BCUT2D eigenvalue weighted by Gasteiger charge is -2.38. The second-order valence-electron chi connectivity index (χ2n) is 6.36. The maximum absolute atomic E-state index is 13.0. The van der Waals surface area contributed by atoms with Crippen LogP contribution in [0.25, 0.3) is 11.3 Å². The van der Waals surface area contributed by atoms with Gasteiger partial charge in [-0.05, 0) is 18.6 Å². The number of amides is 2. The van der Waals surface area contributed by atoms with Gasteiger partial charge in [-0.1, -0.05) is 19.1 Å². The van der Waals surface area contributed by atoms with Crippen LogP contribution in [-0.4, -0.2) is 68.8 Å². The average molecular weight is 368 g/mol. The zero-order valence-corrected chi connectivity index (χ0v) is 15.1. The third kappa shape index (κ3) is 3.64. The summed E-state index contributed by atoms with van der Waals surface area (Å²) in [6.07, 6.45) is 3.16. The summed E-state index contributed by atoms with van der Waals surface area (Å²) >= 11 is 0. The molecule has 1 aromatic carbocycles. The molecule has 0 bridgehead atoms. The molecule has 27 heavy (non-hydrogen) atoms. The van der Waals surface area contributed by atoms with Gasteiger partial charge < -0.3 is 14.9 Å². The van der Waals surface area contributed by atoms with Gasteiger partial charge in [0, 0.05) is 31.3 Å². The molecule has 140 valence electrons. The molecule has 0 aliphatic carbocycles. The van der Waals surface area contributed by atoms with Gasteiger partial charge in [0.2, 0.25) is 5.91 Å². The van der Waals surface area contributed by atoms with Crippen LogP contribution in [0, 0.1) is 0 Å². The summed E-state index contributed by atoms with van der Waals surface area (Å²) in [6, 6.07) is 6.29. The first kappa shape index (κ1) is 18.5. The molecule has 1 saturated heterocycles. The molecular weight excluding hydrogens is 348 g/mol. The number of benzene rings is 1. The van der Waals surface area contributed by atoms with E-state index in [9.17, 15) is 14.4 Å². The van der Waals surface area contributed by atoms with Gasteiger partial charge in [-0.15, -0.1) is 0 Å². The van der Waals surface area contributed by atoms with Crippen molar-refractivity contribution in [3.8, 4) is 11.3 Å². The van der Waals surface area contributed by atoms with E-state index >= 15 is 0 Å². The maximum Gasteiger partial charge on any atom is 0.356 e. The zero-order valence-electron chi connectivity index (χ0n) is 15.1. The van der Waals surface area contributed by atoms with Gasteiger partial charge >= 0.3 is 5.97 Å². The summed E-state index contributed by atoms with van der Waals surface area (Å²) in [7, 11) is 1.74. The Morgan fingerprint density at radius 3 is 2.74 bits per heavy atom. The van der Waals surface area contributed by atoms with Crippen molar-refractivity contribution in [2.45, 2.75) is 19.4 Å². The highest BCUT2D eigenvalue weighted by Crippen LogP contribution is 2.21. The molecule has 2 amide bonds. The topological polar surface area (TPSA) is 104 Å². The Bertz CT molecular complexity index is 899. The second-order valence-corrected chi connectivity index (χ2v) is 6.36. The zero-order chi connectivity index (χ0) is 19.6. The molecule has 1 fully saturated rings. The number of carbonyl (C=O) groups is 3. The first-order chi connectivity index (χ1) is 12.9. The van der Waals surface area contributed by atoms with E-state index in [2.05, 4.69) is 9.97 Å². The fraction of sp³-hybridized carbons (Fsp3) is 0.316. The number of carboxylic acids is 1.